The lowest BCUT2D eigenvalue weighted by molar-refractivity contribution is -0.387. The van der Waals surface area contributed by atoms with E-state index in [-0.39, 0.29) is 23.3 Å². The number of nitro benzene ring substituents is 1. The SMILES string of the molecule is CC(C)Oc1cccc(OCC2CCNC2)c1[N+](=O)[O-]. The summed E-state index contributed by atoms with van der Waals surface area (Å²) in [5, 5.41) is 14.5. The predicted molar refractivity (Wildman–Crippen MR) is 75.3 cm³/mol. The monoisotopic (exact) mass is 280 g/mol. The normalized spacial score (nSPS) is 18.2. The van der Waals surface area contributed by atoms with E-state index in [2.05, 4.69) is 5.32 Å². The van der Waals surface area contributed by atoms with Gasteiger partial charge in [-0.1, -0.05) is 6.07 Å². The van der Waals surface area contributed by atoms with E-state index in [0.717, 1.165) is 19.5 Å². The average Bonchev–Trinajstić information content (AvgIpc) is 2.88. The van der Waals surface area contributed by atoms with Gasteiger partial charge in [0.25, 0.3) is 0 Å². The van der Waals surface area contributed by atoms with Crippen LogP contribution in [0.5, 0.6) is 11.5 Å². The summed E-state index contributed by atoms with van der Waals surface area (Å²) < 4.78 is 11.1. The van der Waals surface area contributed by atoms with Gasteiger partial charge in [0.1, 0.15) is 0 Å². The van der Waals surface area contributed by atoms with Gasteiger partial charge in [-0.05, 0) is 38.9 Å². The van der Waals surface area contributed by atoms with E-state index in [1.54, 1.807) is 18.2 Å². The summed E-state index contributed by atoms with van der Waals surface area (Å²) in [6, 6.07) is 4.93. The highest BCUT2D eigenvalue weighted by molar-refractivity contribution is 5.57. The van der Waals surface area contributed by atoms with Gasteiger partial charge in [-0.25, -0.2) is 0 Å². The number of benzene rings is 1. The molecule has 1 fully saturated rings. The zero-order valence-corrected chi connectivity index (χ0v) is 11.8. The summed E-state index contributed by atoms with van der Waals surface area (Å²) in [5.74, 6) is 0.941. The van der Waals surface area contributed by atoms with Gasteiger partial charge < -0.3 is 14.8 Å². The van der Waals surface area contributed by atoms with Crippen LogP contribution >= 0.6 is 0 Å². The minimum atomic E-state index is -0.444. The van der Waals surface area contributed by atoms with Crippen molar-refractivity contribution in [2.24, 2.45) is 5.92 Å². The van der Waals surface area contributed by atoms with Crippen molar-refractivity contribution in [1.82, 2.24) is 5.32 Å². The van der Waals surface area contributed by atoms with Crippen molar-refractivity contribution in [3.8, 4) is 11.5 Å². The molecule has 20 heavy (non-hydrogen) atoms. The molecular formula is C14H20N2O4. The van der Waals surface area contributed by atoms with Crippen LogP contribution in [0.1, 0.15) is 20.3 Å². The summed E-state index contributed by atoms with van der Waals surface area (Å²) in [5.41, 5.74) is -0.0906. The van der Waals surface area contributed by atoms with Crippen LogP contribution < -0.4 is 14.8 Å². The Morgan fingerprint density at radius 3 is 2.80 bits per heavy atom. The van der Waals surface area contributed by atoms with Crippen LogP contribution in [0.15, 0.2) is 18.2 Å². The average molecular weight is 280 g/mol. The molecule has 1 aromatic rings. The van der Waals surface area contributed by atoms with Crippen molar-refractivity contribution in [2.75, 3.05) is 19.7 Å². The van der Waals surface area contributed by atoms with Crippen molar-refractivity contribution in [3.63, 3.8) is 0 Å². The highest BCUT2D eigenvalue weighted by Gasteiger charge is 2.24. The zero-order chi connectivity index (χ0) is 14.5. The number of rotatable bonds is 6. The quantitative estimate of drug-likeness (QED) is 0.639. The number of para-hydroxylation sites is 1. The van der Waals surface area contributed by atoms with E-state index in [1.807, 2.05) is 13.8 Å². The molecule has 1 atom stereocenters. The summed E-state index contributed by atoms with van der Waals surface area (Å²) in [4.78, 5) is 10.8. The second-order valence-electron chi connectivity index (χ2n) is 5.20. The van der Waals surface area contributed by atoms with Crippen LogP contribution in [0.4, 0.5) is 5.69 Å². The molecule has 0 aliphatic carbocycles. The number of hydrogen-bond acceptors (Lipinski definition) is 5. The van der Waals surface area contributed by atoms with Gasteiger partial charge in [0.2, 0.25) is 11.5 Å². The summed E-state index contributed by atoms with van der Waals surface area (Å²) >= 11 is 0. The van der Waals surface area contributed by atoms with E-state index >= 15 is 0 Å². The Morgan fingerprint density at radius 2 is 2.20 bits per heavy atom. The number of nitro groups is 1. The Hall–Kier alpha value is -1.82. The molecule has 1 unspecified atom stereocenters. The van der Waals surface area contributed by atoms with Crippen LogP contribution in [0.3, 0.4) is 0 Å². The molecule has 1 heterocycles. The predicted octanol–water partition coefficient (Wildman–Crippen LogP) is 2.37. The molecule has 1 aromatic carbocycles. The number of ether oxygens (including phenoxy) is 2. The van der Waals surface area contributed by atoms with E-state index < -0.39 is 4.92 Å². The van der Waals surface area contributed by atoms with E-state index in [4.69, 9.17) is 9.47 Å². The highest BCUT2D eigenvalue weighted by Crippen LogP contribution is 2.37. The first-order chi connectivity index (χ1) is 9.58. The molecule has 1 N–H and O–H groups in total. The summed E-state index contributed by atoms with van der Waals surface area (Å²) in [7, 11) is 0. The molecule has 0 saturated carbocycles. The van der Waals surface area contributed by atoms with Crippen molar-refractivity contribution >= 4 is 5.69 Å². The third-order valence-electron chi connectivity index (χ3n) is 3.14. The first-order valence-electron chi connectivity index (χ1n) is 6.85. The summed E-state index contributed by atoms with van der Waals surface area (Å²) in [6.45, 7) is 6.03. The van der Waals surface area contributed by atoms with Crippen LogP contribution in [-0.2, 0) is 0 Å². The molecule has 6 heteroatoms. The summed E-state index contributed by atoms with van der Waals surface area (Å²) in [6.07, 6.45) is 0.915. The van der Waals surface area contributed by atoms with E-state index in [9.17, 15) is 10.1 Å². The Bertz CT molecular complexity index is 470. The lowest BCUT2D eigenvalue weighted by Gasteiger charge is -2.14. The zero-order valence-electron chi connectivity index (χ0n) is 11.8. The molecular weight excluding hydrogens is 260 g/mol. The van der Waals surface area contributed by atoms with Gasteiger partial charge in [-0.3, -0.25) is 10.1 Å². The molecule has 2 rings (SSSR count). The molecule has 0 radical (unpaired) electrons. The maximum absolute atomic E-state index is 11.3. The van der Waals surface area contributed by atoms with Crippen molar-refractivity contribution in [3.05, 3.63) is 28.3 Å². The van der Waals surface area contributed by atoms with Gasteiger partial charge in [-0.2, -0.15) is 0 Å². The number of nitrogens with zero attached hydrogens (tertiary/aromatic N) is 1. The maximum atomic E-state index is 11.3. The molecule has 6 nitrogen and oxygen atoms in total. The van der Waals surface area contributed by atoms with Crippen molar-refractivity contribution < 1.29 is 14.4 Å². The molecule has 0 spiro atoms. The van der Waals surface area contributed by atoms with Crippen LogP contribution in [0.25, 0.3) is 0 Å². The van der Waals surface area contributed by atoms with Crippen molar-refractivity contribution in [1.29, 1.82) is 0 Å². The Balaban J connectivity index is 2.15. The van der Waals surface area contributed by atoms with Gasteiger partial charge in [0.15, 0.2) is 0 Å². The van der Waals surface area contributed by atoms with Gasteiger partial charge in [0, 0.05) is 12.5 Å². The molecule has 1 saturated heterocycles. The van der Waals surface area contributed by atoms with Gasteiger partial charge in [0.05, 0.1) is 17.6 Å². The third-order valence-corrected chi connectivity index (χ3v) is 3.14. The van der Waals surface area contributed by atoms with Crippen LogP contribution in [-0.4, -0.2) is 30.7 Å². The highest BCUT2D eigenvalue weighted by atomic mass is 16.6. The minimum absolute atomic E-state index is 0.0906. The number of hydrogen-bond donors (Lipinski definition) is 1. The van der Waals surface area contributed by atoms with Crippen molar-refractivity contribution in [2.45, 2.75) is 26.4 Å². The van der Waals surface area contributed by atoms with Crippen LogP contribution in [0, 0.1) is 16.0 Å². The fourth-order valence-corrected chi connectivity index (χ4v) is 2.21. The molecule has 110 valence electrons. The van der Waals surface area contributed by atoms with Gasteiger partial charge in [-0.15, -0.1) is 0 Å². The fraction of sp³-hybridized carbons (Fsp3) is 0.571. The smallest absolute Gasteiger partial charge is 0.352 e. The Morgan fingerprint density at radius 1 is 1.45 bits per heavy atom. The first-order valence-corrected chi connectivity index (χ1v) is 6.85. The van der Waals surface area contributed by atoms with Crippen LogP contribution in [0.2, 0.25) is 0 Å². The van der Waals surface area contributed by atoms with Gasteiger partial charge >= 0.3 is 5.69 Å². The Kier molecular flexibility index (Phi) is 4.79. The third kappa shape index (κ3) is 3.60. The van der Waals surface area contributed by atoms with E-state index in [0.29, 0.717) is 12.5 Å². The molecule has 1 aliphatic rings. The second kappa shape index (κ2) is 6.56. The second-order valence-corrected chi connectivity index (χ2v) is 5.20. The fourth-order valence-electron chi connectivity index (χ4n) is 2.21. The largest absolute Gasteiger partial charge is 0.486 e. The molecule has 0 bridgehead atoms. The number of nitrogens with one attached hydrogen (secondary N) is 1. The first kappa shape index (κ1) is 14.6. The minimum Gasteiger partial charge on any atom is -0.486 e. The molecule has 1 aliphatic heterocycles. The lowest BCUT2D eigenvalue weighted by Crippen LogP contribution is -2.16. The standard InChI is InChI=1S/C14H20N2O4/c1-10(2)20-13-5-3-4-12(14(13)16(17)18)19-9-11-6-7-15-8-11/h3-5,10-11,15H,6-9H2,1-2H3. The Labute approximate surface area is 118 Å². The lowest BCUT2D eigenvalue weighted by atomic mass is 10.1. The maximum Gasteiger partial charge on any atom is 0.352 e. The molecule has 0 aromatic heterocycles. The topological polar surface area (TPSA) is 73.6 Å². The molecule has 0 amide bonds. The van der Waals surface area contributed by atoms with E-state index in [1.165, 1.54) is 0 Å².